The largest absolute Gasteiger partial charge is 0.506 e. The molecule has 662 valence electrons. The highest BCUT2D eigenvalue weighted by atomic mass is 35.5. The number of benzene rings is 6. The lowest BCUT2D eigenvalue weighted by molar-refractivity contribution is -0.209. The number of ether oxygens (including phenoxy) is 4. The molecule has 4 aliphatic carbocycles. The average Bonchev–Trinajstić information content (AvgIpc) is 0.677. The number of halogens is 8. The average molecular weight is 1810 g/mol. The SMILES string of the molecule is C=C(C)C(CC=C(C)C)CC12CC(CC=C(C)C)C(C)(C)C(CC=C(C)C)(C(=O)C(=C(O)c3ccc(OCc4c(Cl)cc(C/C(C)=C\CC5CC6(CC(CC=C(C)C)C(=C)C)C(=O)C(=C(O)c7ccc(OCc8c(F)cccc8Cl)c(OCc8c(F)cccc8Cl)c7)C(=O)C(CC=C(C)C)(C6O)C5(C)C)cc4Cl)c(OCc4c(Cl)cccc4Cl)c3)C1=O)C2O. The molecule has 20 heteroatoms. The highest BCUT2D eigenvalue weighted by Crippen LogP contribution is 2.70. The molecule has 4 bridgehead atoms. The molecule has 6 aromatic rings. The van der Waals surface area contributed by atoms with Crippen LogP contribution in [0.15, 0.2) is 208 Å². The van der Waals surface area contributed by atoms with E-state index >= 15 is 28.0 Å². The predicted octanol–water partition coefficient (Wildman–Crippen LogP) is 28.3. The summed E-state index contributed by atoms with van der Waals surface area (Å²) in [6.07, 6.45) is 12.2. The molecule has 0 heterocycles. The van der Waals surface area contributed by atoms with Crippen LogP contribution in [-0.2, 0) is 52.0 Å². The van der Waals surface area contributed by atoms with Gasteiger partial charge in [-0.15, -0.1) is 0 Å². The van der Waals surface area contributed by atoms with Gasteiger partial charge in [-0.05, 0) is 286 Å². The number of carbonyl (C=O) groups excluding carboxylic acids is 4. The van der Waals surface area contributed by atoms with Crippen LogP contribution >= 0.6 is 69.6 Å². The van der Waals surface area contributed by atoms with Gasteiger partial charge in [0, 0.05) is 53.5 Å². The summed E-state index contributed by atoms with van der Waals surface area (Å²) < 4.78 is 56.2. The van der Waals surface area contributed by atoms with Gasteiger partial charge in [-0.2, -0.15) is 0 Å². The van der Waals surface area contributed by atoms with Crippen LogP contribution in [0, 0.1) is 67.8 Å². The van der Waals surface area contributed by atoms with Crippen molar-refractivity contribution >= 4 is 104 Å². The summed E-state index contributed by atoms with van der Waals surface area (Å²) in [5.41, 5.74) is -0.356. The molecule has 12 nitrogen and oxygen atoms in total. The molecule has 0 spiro atoms. The Kier molecular flexibility index (Phi) is 31.5. The fourth-order valence-electron chi connectivity index (χ4n) is 19.1. The van der Waals surface area contributed by atoms with E-state index in [0.29, 0.717) is 53.3 Å². The quantitative estimate of drug-likeness (QED) is 0.0130. The van der Waals surface area contributed by atoms with E-state index in [9.17, 15) is 20.4 Å². The molecule has 4 fully saturated rings. The third kappa shape index (κ3) is 19.9. The van der Waals surface area contributed by atoms with Crippen LogP contribution in [0.4, 0.5) is 8.78 Å². The van der Waals surface area contributed by atoms with Crippen molar-refractivity contribution in [1.29, 1.82) is 0 Å². The lowest BCUT2D eigenvalue weighted by atomic mass is 9.37. The Balaban J connectivity index is 1.00. The molecule has 4 aliphatic rings. The Bertz CT molecular complexity index is 5340. The first-order valence-electron chi connectivity index (χ1n) is 42.3. The fourth-order valence-corrected chi connectivity index (χ4v) is 20.7. The molecule has 124 heavy (non-hydrogen) atoms. The smallest absolute Gasteiger partial charge is 0.179 e. The lowest BCUT2D eigenvalue weighted by Crippen LogP contribution is -2.71. The maximum absolute atomic E-state index is 16.4. The number of allylic oxidation sites excluding steroid dienone is 16. The summed E-state index contributed by atoms with van der Waals surface area (Å²) in [5.74, 6) is -6.47. The minimum atomic E-state index is -1.74. The maximum Gasteiger partial charge on any atom is 0.179 e. The van der Waals surface area contributed by atoms with Gasteiger partial charge in [-0.25, -0.2) is 8.78 Å². The van der Waals surface area contributed by atoms with Crippen molar-refractivity contribution < 1.29 is 67.3 Å². The van der Waals surface area contributed by atoms with Crippen molar-refractivity contribution in [2.24, 2.45) is 56.2 Å². The zero-order valence-electron chi connectivity index (χ0n) is 74.3. The van der Waals surface area contributed by atoms with Gasteiger partial charge in [0.05, 0.1) is 43.9 Å². The number of aliphatic hydroxyl groups excluding tert-OH is 4. The number of rotatable bonds is 34. The summed E-state index contributed by atoms with van der Waals surface area (Å²) in [7, 11) is 0. The van der Waals surface area contributed by atoms with E-state index in [1.165, 1.54) is 60.7 Å². The Morgan fingerprint density at radius 1 is 0.435 bits per heavy atom. The van der Waals surface area contributed by atoms with Crippen LogP contribution in [0.3, 0.4) is 0 Å². The highest BCUT2D eigenvalue weighted by molar-refractivity contribution is 6.37. The van der Waals surface area contributed by atoms with Crippen LogP contribution in [0.5, 0.6) is 23.0 Å². The third-order valence-electron chi connectivity index (χ3n) is 26.9. The Morgan fingerprint density at radius 2 is 0.766 bits per heavy atom. The van der Waals surface area contributed by atoms with Crippen molar-refractivity contribution in [3.63, 3.8) is 0 Å². The molecule has 0 radical (unpaired) electrons. The number of carbonyl (C=O) groups is 4. The first-order chi connectivity index (χ1) is 58.2. The number of aliphatic hydroxyl groups is 4. The molecule has 0 aliphatic heterocycles. The molecule has 10 unspecified atom stereocenters. The normalized spacial score (nSPS) is 23.3. The molecule has 0 amide bonds. The molecule has 0 aromatic heterocycles. The Hall–Kier alpha value is -8.28. The molecule has 0 saturated heterocycles. The van der Waals surface area contributed by atoms with Crippen molar-refractivity contribution in [3.05, 3.63) is 289 Å². The zero-order valence-corrected chi connectivity index (χ0v) is 78.9. The maximum atomic E-state index is 16.4. The number of ketones is 4. The van der Waals surface area contributed by atoms with Gasteiger partial charge < -0.3 is 39.4 Å². The summed E-state index contributed by atoms with van der Waals surface area (Å²) >= 11 is 41.0. The van der Waals surface area contributed by atoms with Gasteiger partial charge >= 0.3 is 0 Å². The second-order valence-electron chi connectivity index (χ2n) is 37.2. The second-order valence-corrected chi connectivity index (χ2v) is 39.6. The van der Waals surface area contributed by atoms with Crippen molar-refractivity contribution in [2.45, 2.75) is 227 Å². The van der Waals surface area contributed by atoms with Gasteiger partial charge in [0.25, 0.3) is 0 Å². The summed E-state index contributed by atoms with van der Waals surface area (Å²) in [4.78, 5) is 65.1. The van der Waals surface area contributed by atoms with Gasteiger partial charge in [-0.1, -0.05) is 210 Å². The van der Waals surface area contributed by atoms with E-state index in [-0.39, 0.29) is 141 Å². The summed E-state index contributed by atoms with van der Waals surface area (Å²) in [6.45, 7) is 41.0. The third-order valence-corrected chi connectivity index (χ3v) is 29.0. The molecular formula is C104H118Cl6F2O12. The Labute approximate surface area is 761 Å². The molecule has 4 N–H and O–H groups in total. The molecule has 10 atom stereocenters. The number of fused-ring (bicyclic) bond motifs is 4. The standard InChI is InChI=1S/C104H118Cl6F2O12/c1-58(2)29-33-69(63(11)12)50-101-52-71(37-31-60(5)6)99(16,17)103(97(101)119,43-41-61(7)8)95(117)89(93(101)115)91(113)67-35-39-85(87(48-67)123-54-73-77(105)23-20-24-78(73)106)121-55-74-81(109)46-66(47-82(74)110)45-65(15)32-38-72-53-102(51-70(64(13)14)34-30-59(3)4)94(116)90(96(118)104(98(102)120,100(72,18)19)44-42-62(9)10)92(114)68-36-40-86(122-56-75-79(107)25-21-27-83(75)111)88(49-68)124-57-76-80(108)26-22-28-84(76)112/h20-32,35-36,39-42,46-49,69-72,97-98,113-114,119-120H,11,13,33-34,37-38,43-45,50-57H2,1-10,12,14-19H3/b65-32-,91-89?,92-90?. The van der Waals surface area contributed by atoms with E-state index in [0.717, 1.165) is 50.1 Å². The minimum absolute atomic E-state index is 0.00356. The van der Waals surface area contributed by atoms with Gasteiger partial charge in [0.15, 0.2) is 46.1 Å². The van der Waals surface area contributed by atoms with Crippen molar-refractivity contribution in [1.82, 2.24) is 0 Å². The van der Waals surface area contributed by atoms with Gasteiger partial charge in [-0.3, -0.25) is 19.2 Å². The van der Waals surface area contributed by atoms with E-state index in [4.69, 9.17) is 88.6 Å². The van der Waals surface area contributed by atoms with E-state index in [2.05, 4.69) is 37.5 Å². The monoisotopic (exact) mass is 1810 g/mol. The zero-order chi connectivity index (χ0) is 91.4. The fraction of sp³-hybridized carbons (Fsp3) is 0.423. The first-order valence-corrected chi connectivity index (χ1v) is 44.6. The van der Waals surface area contributed by atoms with Crippen molar-refractivity contribution in [2.75, 3.05) is 0 Å². The van der Waals surface area contributed by atoms with E-state index in [1.807, 2.05) is 130 Å². The van der Waals surface area contributed by atoms with Crippen molar-refractivity contribution in [3.8, 4) is 23.0 Å². The minimum Gasteiger partial charge on any atom is -0.506 e. The van der Waals surface area contributed by atoms with Crippen LogP contribution in [-0.4, -0.2) is 55.8 Å². The van der Waals surface area contributed by atoms with Crippen LogP contribution in [0.1, 0.15) is 221 Å². The van der Waals surface area contributed by atoms with Crippen LogP contribution in [0.25, 0.3) is 11.5 Å². The first kappa shape index (κ1) is 97.9. The molecule has 10 rings (SSSR count). The highest BCUT2D eigenvalue weighted by Gasteiger charge is 2.75. The van der Waals surface area contributed by atoms with E-state index in [1.54, 1.807) is 42.5 Å². The lowest BCUT2D eigenvalue weighted by Gasteiger charge is -2.65. The number of hydrogen-bond acceptors (Lipinski definition) is 12. The molecule has 4 saturated carbocycles. The molecular weight excluding hydrogens is 1690 g/mol. The topological polar surface area (TPSA) is 186 Å². The Morgan fingerprint density at radius 3 is 1.12 bits per heavy atom. The number of hydrogen-bond donors (Lipinski definition) is 4. The van der Waals surface area contributed by atoms with Gasteiger partial charge in [0.1, 0.15) is 60.7 Å². The summed E-state index contributed by atoms with van der Waals surface area (Å²) in [6, 6.07) is 25.9. The van der Waals surface area contributed by atoms with Crippen LogP contribution in [0.2, 0.25) is 30.1 Å². The summed E-state index contributed by atoms with van der Waals surface area (Å²) in [5, 5.41) is 54.4. The second kappa shape index (κ2) is 39.9. The predicted molar refractivity (Wildman–Crippen MR) is 499 cm³/mol. The van der Waals surface area contributed by atoms with Gasteiger partial charge in [0.2, 0.25) is 0 Å². The van der Waals surface area contributed by atoms with Crippen LogP contribution < -0.4 is 18.9 Å². The molecule has 6 aromatic carbocycles. The number of Topliss-reactive ketones (excluding diaryl/α,β-unsaturated/α-hetero) is 4. The van der Waals surface area contributed by atoms with E-state index < -0.39 is 115 Å².